The molecule has 1 aliphatic carbocycles. The molecule has 1 aromatic rings. The highest BCUT2D eigenvalue weighted by molar-refractivity contribution is 5.27. The van der Waals surface area contributed by atoms with Crippen LogP contribution in [0.4, 0.5) is 0 Å². The molecule has 0 N–H and O–H groups in total. The molecular weight excluding hydrogens is 300 g/mol. The van der Waals surface area contributed by atoms with Crippen molar-refractivity contribution < 1.29 is 14.2 Å². The molecule has 0 atom stereocenters. The van der Waals surface area contributed by atoms with E-state index < -0.39 is 0 Å². The molecule has 0 aromatic heterocycles. The van der Waals surface area contributed by atoms with Gasteiger partial charge in [-0.1, -0.05) is 12.1 Å². The second-order valence-corrected chi connectivity index (χ2v) is 8.77. The van der Waals surface area contributed by atoms with Gasteiger partial charge in [0.15, 0.2) is 0 Å². The molecule has 0 spiro atoms. The minimum atomic E-state index is -0.0615. The van der Waals surface area contributed by atoms with Gasteiger partial charge in [-0.15, -0.1) is 0 Å². The van der Waals surface area contributed by atoms with Crippen molar-refractivity contribution in [2.45, 2.75) is 90.6 Å². The Hall–Kier alpha value is -1.06. The fourth-order valence-corrected chi connectivity index (χ4v) is 2.79. The first-order valence-corrected chi connectivity index (χ1v) is 9.18. The first-order chi connectivity index (χ1) is 11.1. The SMILES string of the molecule is CC(C)(C)OCCCc1ccc(OC2CC(OC(C)(C)C)C2)cc1. The summed E-state index contributed by atoms with van der Waals surface area (Å²) < 4.78 is 17.7. The molecule has 24 heavy (non-hydrogen) atoms. The summed E-state index contributed by atoms with van der Waals surface area (Å²) in [6.45, 7) is 13.4. The van der Waals surface area contributed by atoms with Crippen LogP contribution in [0.1, 0.15) is 66.4 Å². The van der Waals surface area contributed by atoms with Gasteiger partial charge in [0.2, 0.25) is 0 Å². The summed E-state index contributed by atoms with van der Waals surface area (Å²) in [5.74, 6) is 0.962. The van der Waals surface area contributed by atoms with Crippen LogP contribution in [0.3, 0.4) is 0 Å². The molecule has 1 aliphatic rings. The smallest absolute Gasteiger partial charge is 0.119 e. The normalized spacial score (nSPS) is 21.4. The van der Waals surface area contributed by atoms with Crippen LogP contribution in [-0.4, -0.2) is 30.0 Å². The van der Waals surface area contributed by atoms with E-state index in [1.54, 1.807) is 0 Å². The molecule has 0 radical (unpaired) electrons. The zero-order valence-corrected chi connectivity index (χ0v) is 16.2. The molecule has 0 heterocycles. The Kier molecular flexibility index (Phi) is 6.33. The quantitative estimate of drug-likeness (QED) is 0.645. The van der Waals surface area contributed by atoms with Gasteiger partial charge in [-0.2, -0.15) is 0 Å². The molecule has 1 saturated carbocycles. The monoisotopic (exact) mass is 334 g/mol. The van der Waals surface area contributed by atoms with Crippen LogP contribution < -0.4 is 4.74 Å². The van der Waals surface area contributed by atoms with E-state index in [0.29, 0.717) is 12.2 Å². The highest BCUT2D eigenvalue weighted by Crippen LogP contribution is 2.31. The minimum absolute atomic E-state index is 0.0466. The summed E-state index contributed by atoms with van der Waals surface area (Å²) in [7, 11) is 0. The molecule has 0 aliphatic heterocycles. The Balaban J connectivity index is 1.66. The lowest BCUT2D eigenvalue weighted by Gasteiger charge is -2.39. The molecule has 3 heteroatoms. The van der Waals surface area contributed by atoms with E-state index in [1.165, 1.54) is 5.56 Å². The van der Waals surface area contributed by atoms with Crippen molar-refractivity contribution in [1.82, 2.24) is 0 Å². The van der Waals surface area contributed by atoms with Crippen LogP contribution in [0.15, 0.2) is 24.3 Å². The summed E-state index contributed by atoms with van der Waals surface area (Å²) in [6.07, 6.45) is 4.71. The van der Waals surface area contributed by atoms with E-state index >= 15 is 0 Å². The summed E-state index contributed by atoms with van der Waals surface area (Å²) in [6, 6.07) is 8.48. The summed E-state index contributed by atoms with van der Waals surface area (Å²) in [4.78, 5) is 0. The molecule has 136 valence electrons. The number of rotatable bonds is 7. The zero-order valence-electron chi connectivity index (χ0n) is 16.2. The molecule has 0 bridgehead atoms. The van der Waals surface area contributed by atoms with E-state index in [9.17, 15) is 0 Å². The summed E-state index contributed by atoms with van der Waals surface area (Å²) >= 11 is 0. The molecule has 0 amide bonds. The second kappa shape index (κ2) is 7.88. The summed E-state index contributed by atoms with van der Waals surface area (Å²) in [5.41, 5.74) is 1.23. The van der Waals surface area contributed by atoms with Gasteiger partial charge in [0.1, 0.15) is 11.9 Å². The number of hydrogen-bond acceptors (Lipinski definition) is 3. The van der Waals surface area contributed by atoms with Gasteiger partial charge in [-0.25, -0.2) is 0 Å². The molecule has 1 aromatic carbocycles. The molecule has 3 nitrogen and oxygen atoms in total. The van der Waals surface area contributed by atoms with Gasteiger partial charge in [-0.3, -0.25) is 0 Å². The average molecular weight is 335 g/mol. The Bertz CT molecular complexity index is 487. The van der Waals surface area contributed by atoms with Gasteiger partial charge in [0.05, 0.1) is 17.3 Å². The lowest BCUT2D eigenvalue weighted by Crippen LogP contribution is -2.43. The van der Waals surface area contributed by atoms with Crippen LogP contribution in [0.5, 0.6) is 5.75 Å². The third-order valence-electron chi connectivity index (χ3n) is 3.94. The van der Waals surface area contributed by atoms with Crippen molar-refractivity contribution in [3.8, 4) is 5.75 Å². The van der Waals surface area contributed by atoms with Crippen LogP contribution in [0, 0.1) is 0 Å². The van der Waals surface area contributed by atoms with Gasteiger partial charge < -0.3 is 14.2 Å². The zero-order chi connectivity index (χ0) is 17.8. The van der Waals surface area contributed by atoms with Gasteiger partial charge in [0, 0.05) is 19.4 Å². The lowest BCUT2D eigenvalue weighted by molar-refractivity contribution is -0.126. The van der Waals surface area contributed by atoms with Crippen molar-refractivity contribution in [2.24, 2.45) is 0 Å². The number of benzene rings is 1. The fraction of sp³-hybridized carbons (Fsp3) is 0.714. The van der Waals surface area contributed by atoms with E-state index in [0.717, 1.165) is 38.0 Å². The number of ether oxygens (including phenoxy) is 3. The van der Waals surface area contributed by atoms with Crippen LogP contribution in [0.25, 0.3) is 0 Å². The Morgan fingerprint density at radius 3 is 2.04 bits per heavy atom. The average Bonchev–Trinajstić information content (AvgIpc) is 2.40. The lowest BCUT2D eigenvalue weighted by atomic mass is 9.91. The van der Waals surface area contributed by atoms with Gasteiger partial charge >= 0.3 is 0 Å². The van der Waals surface area contributed by atoms with E-state index in [4.69, 9.17) is 14.2 Å². The predicted molar refractivity (Wildman–Crippen MR) is 98.7 cm³/mol. The largest absolute Gasteiger partial charge is 0.490 e. The van der Waals surface area contributed by atoms with Crippen molar-refractivity contribution in [3.05, 3.63) is 29.8 Å². The molecule has 0 saturated heterocycles. The first kappa shape index (κ1) is 19.3. The Morgan fingerprint density at radius 1 is 0.875 bits per heavy atom. The van der Waals surface area contributed by atoms with Crippen molar-refractivity contribution in [2.75, 3.05) is 6.61 Å². The van der Waals surface area contributed by atoms with E-state index in [1.807, 2.05) is 0 Å². The molecule has 0 unspecified atom stereocenters. The maximum absolute atomic E-state index is 6.02. The third-order valence-corrected chi connectivity index (χ3v) is 3.94. The second-order valence-electron chi connectivity index (χ2n) is 8.77. The molecule has 1 fully saturated rings. The highest BCUT2D eigenvalue weighted by atomic mass is 16.5. The van der Waals surface area contributed by atoms with E-state index in [-0.39, 0.29) is 11.2 Å². The Morgan fingerprint density at radius 2 is 1.50 bits per heavy atom. The summed E-state index contributed by atoms with van der Waals surface area (Å²) in [5, 5.41) is 0. The molecular formula is C21H34O3. The maximum Gasteiger partial charge on any atom is 0.119 e. The van der Waals surface area contributed by atoms with Crippen LogP contribution >= 0.6 is 0 Å². The van der Waals surface area contributed by atoms with Crippen molar-refractivity contribution in [3.63, 3.8) is 0 Å². The third kappa shape index (κ3) is 7.23. The van der Waals surface area contributed by atoms with Crippen LogP contribution in [-0.2, 0) is 15.9 Å². The first-order valence-electron chi connectivity index (χ1n) is 9.18. The van der Waals surface area contributed by atoms with Crippen LogP contribution in [0.2, 0.25) is 0 Å². The number of hydrogen-bond donors (Lipinski definition) is 0. The predicted octanol–water partition coefficient (Wildman–Crippen LogP) is 5.16. The minimum Gasteiger partial charge on any atom is -0.490 e. The van der Waals surface area contributed by atoms with Gasteiger partial charge in [0.25, 0.3) is 0 Å². The highest BCUT2D eigenvalue weighted by Gasteiger charge is 2.34. The van der Waals surface area contributed by atoms with Crippen molar-refractivity contribution in [1.29, 1.82) is 0 Å². The Labute approximate surface area is 147 Å². The van der Waals surface area contributed by atoms with Gasteiger partial charge in [-0.05, 0) is 72.1 Å². The number of aryl methyl sites for hydroxylation is 1. The van der Waals surface area contributed by atoms with E-state index in [2.05, 4.69) is 65.8 Å². The fourth-order valence-electron chi connectivity index (χ4n) is 2.79. The maximum atomic E-state index is 6.02. The topological polar surface area (TPSA) is 27.7 Å². The standard InChI is InChI=1S/C21H34O3/c1-20(2,3)22-13-7-8-16-9-11-17(12-10-16)23-18-14-19(15-18)24-21(4,5)6/h9-12,18-19H,7-8,13-15H2,1-6H3. The molecule has 2 rings (SSSR count). The van der Waals surface area contributed by atoms with Crippen molar-refractivity contribution >= 4 is 0 Å².